The molecule has 1 aliphatic heterocycles. The van der Waals surface area contributed by atoms with Crippen molar-refractivity contribution in [1.29, 1.82) is 0 Å². The summed E-state index contributed by atoms with van der Waals surface area (Å²) in [5.41, 5.74) is 1.55. The number of rotatable bonds is 3. The molecule has 110 valence electrons. The summed E-state index contributed by atoms with van der Waals surface area (Å²) in [6, 6.07) is 7.43. The van der Waals surface area contributed by atoms with Crippen LogP contribution in [0.1, 0.15) is 5.82 Å². The summed E-state index contributed by atoms with van der Waals surface area (Å²) in [5.74, 6) is 1.21. The van der Waals surface area contributed by atoms with Crippen molar-refractivity contribution < 1.29 is 9.53 Å². The van der Waals surface area contributed by atoms with Crippen LogP contribution < -0.4 is 10.6 Å². The van der Waals surface area contributed by atoms with Gasteiger partial charge in [0.25, 0.3) is 5.91 Å². The van der Waals surface area contributed by atoms with Gasteiger partial charge in [-0.1, -0.05) is 12.1 Å². The second-order valence-electron chi connectivity index (χ2n) is 4.88. The number of amides is 1. The number of carbonyl (C=O) groups is 1. The maximum atomic E-state index is 12.1. The van der Waals surface area contributed by atoms with Crippen LogP contribution in [0.4, 0.5) is 5.69 Å². The Balaban J connectivity index is 1.72. The van der Waals surface area contributed by atoms with Gasteiger partial charge < -0.3 is 15.4 Å². The van der Waals surface area contributed by atoms with Crippen LogP contribution in [0.3, 0.4) is 0 Å². The summed E-state index contributed by atoms with van der Waals surface area (Å²) in [5, 5.41) is 12.9. The monoisotopic (exact) mass is 287 g/mol. The number of aromatic nitrogens is 3. The predicted molar refractivity (Wildman–Crippen MR) is 77.8 cm³/mol. The van der Waals surface area contributed by atoms with Gasteiger partial charge in [-0.05, 0) is 19.1 Å². The fraction of sp³-hybridized carbons (Fsp3) is 0.357. The minimum Gasteiger partial charge on any atom is -0.366 e. The third kappa shape index (κ3) is 3.26. The molecule has 1 fully saturated rings. The van der Waals surface area contributed by atoms with E-state index in [4.69, 9.17) is 4.74 Å². The lowest BCUT2D eigenvalue weighted by molar-refractivity contribution is -0.128. The van der Waals surface area contributed by atoms with Gasteiger partial charge in [0.2, 0.25) is 0 Å². The first-order valence-corrected chi connectivity index (χ1v) is 6.85. The van der Waals surface area contributed by atoms with E-state index in [0.717, 1.165) is 17.9 Å². The molecule has 21 heavy (non-hydrogen) atoms. The van der Waals surface area contributed by atoms with Gasteiger partial charge in [-0.25, -0.2) is 4.98 Å². The van der Waals surface area contributed by atoms with Crippen LogP contribution in [0.15, 0.2) is 24.3 Å². The number of hydrogen-bond donors (Lipinski definition) is 3. The molecule has 3 N–H and O–H groups in total. The molecule has 1 aromatic heterocycles. The molecular weight excluding hydrogens is 270 g/mol. The molecule has 0 bridgehead atoms. The average Bonchev–Trinajstić information content (AvgIpc) is 2.95. The fourth-order valence-corrected chi connectivity index (χ4v) is 2.16. The third-order valence-electron chi connectivity index (χ3n) is 3.21. The maximum absolute atomic E-state index is 12.1. The van der Waals surface area contributed by atoms with Crippen LogP contribution in [0.2, 0.25) is 0 Å². The Morgan fingerprint density at radius 3 is 3.10 bits per heavy atom. The molecule has 1 unspecified atom stereocenters. The number of aromatic amines is 1. The summed E-state index contributed by atoms with van der Waals surface area (Å²) < 4.78 is 5.43. The summed E-state index contributed by atoms with van der Waals surface area (Å²) in [4.78, 5) is 16.4. The molecule has 2 heterocycles. The highest BCUT2D eigenvalue weighted by molar-refractivity contribution is 5.94. The van der Waals surface area contributed by atoms with Crippen LogP contribution in [0, 0.1) is 6.92 Å². The van der Waals surface area contributed by atoms with E-state index in [2.05, 4.69) is 25.8 Å². The second-order valence-corrected chi connectivity index (χ2v) is 4.88. The Hall–Kier alpha value is -2.25. The third-order valence-corrected chi connectivity index (χ3v) is 3.21. The Bertz CT molecular complexity index is 634. The smallest absolute Gasteiger partial charge is 0.254 e. The molecule has 1 aliphatic rings. The lowest BCUT2D eigenvalue weighted by Gasteiger charge is -2.22. The molecular formula is C14H17N5O2. The maximum Gasteiger partial charge on any atom is 0.254 e. The number of ether oxygens (including phenoxy) is 1. The Kier molecular flexibility index (Phi) is 3.94. The quantitative estimate of drug-likeness (QED) is 0.773. The zero-order valence-electron chi connectivity index (χ0n) is 11.7. The molecule has 0 aliphatic carbocycles. The van der Waals surface area contributed by atoms with E-state index >= 15 is 0 Å². The van der Waals surface area contributed by atoms with Crippen molar-refractivity contribution in [3.05, 3.63) is 30.1 Å². The zero-order chi connectivity index (χ0) is 14.7. The molecule has 1 amide bonds. The van der Waals surface area contributed by atoms with Gasteiger partial charge in [0.05, 0.1) is 6.61 Å². The van der Waals surface area contributed by atoms with Crippen molar-refractivity contribution in [2.45, 2.75) is 13.0 Å². The average molecular weight is 287 g/mol. The lowest BCUT2D eigenvalue weighted by atomic mass is 10.2. The number of anilines is 1. The van der Waals surface area contributed by atoms with Crippen molar-refractivity contribution in [2.24, 2.45) is 0 Å². The van der Waals surface area contributed by atoms with Gasteiger partial charge in [-0.15, -0.1) is 0 Å². The van der Waals surface area contributed by atoms with Gasteiger partial charge in [0.1, 0.15) is 11.9 Å². The molecule has 3 rings (SSSR count). The van der Waals surface area contributed by atoms with E-state index in [1.54, 1.807) is 0 Å². The van der Waals surface area contributed by atoms with E-state index in [9.17, 15) is 4.79 Å². The standard InChI is InChI=1S/C14H17N5O2/c1-9-16-13(19-18-9)10-3-2-4-11(7-10)17-14(20)12-8-15-5-6-21-12/h2-4,7,12,15H,5-6,8H2,1H3,(H,17,20)(H,16,18,19). The molecule has 1 atom stereocenters. The van der Waals surface area contributed by atoms with Gasteiger partial charge in [0.15, 0.2) is 5.82 Å². The van der Waals surface area contributed by atoms with Gasteiger partial charge in [0, 0.05) is 24.3 Å². The van der Waals surface area contributed by atoms with Crippen molar-refractivity contribution in [3.63, 3.8) is 0 Å². The van der Waals surface area contributed by atoms with E-state index < -0.39 is 6.10 Å². The molecule has 0 radical (unpaired) electrons. The largest absolute Gasteiger partial charge is 0.366 e. The first kappa shape index (κ1) is 13.7. The first-order valence-electron chi connectivity index (χ1n) is 6.85. The minimum atomic E-state index is -0.451. The molecule has 7 heteroatoms. The number of carbonyl (C=O) groups excluding carboxylic acids is 1. The van der Waals surface area contributed by atoms with Crippen LogP contribution in [-0.4, -0.2) is 46.9 Å². The number of morpholine rings is 1. The highest BCUT2D eigenvalue weighted by Crippen LogP contribution is 2.19. The zero-order valence-corrected chi connectivity index (χ0v) is 11.7. The van der Waals surface area contributed by atoms with Crippen LogP contribution >= 0.6 is 0 Å². The molecule has 2 aromatic rings. The topological polar surface area (TPSA) is 91.9 Å². The number of hydrogen-bond acceptors (Lipinski definition) is 5. The van der Waals surface area contributed by atoms with Crippen molar-refractivity contribution in [3.8, 4) is 11.4 Å². The summed E-state index contributed by atoms with van der Waals surface area (Å²) in [6.07, 6.45) is -0.451. The highest BCUT2D eigenvalue weighted by Gasteiger charge is 2.21. The fourth-order valence-electron chi connectivity index (χ4n) is 2.16. The number of nitrogens with zero attached hydrogens (tertiary/aromatic N) is 2. The molecule has 0 saturated carbocycles. The second kappa shape index (κ2) is 6.02. The Labute approximate surface area is 122 Å². The number of aryl methyl sites for hydroxylation is 1. The van der Waals surface area contributed by atoms with Gasteiger partial charge >= 0.3 is 0 Å². The van der Waals surface area contributed by atoms with Gasteiger partial charge in [-0.2, -0.15) is 5.10 Å². The number of benzene rings is 1. The van der Waals surface area contributed by atoms with Crippen molar-refractivity contribution >= 4 is 11.6 Å². The van der Waals surface area contributed by atoms with Crippen molar-refractivity contribution in [1.82, 2.24) is 20.5 Å². The van der Waals surface area contributed by atoms with E-state index in [-0.39, 0.29) is 5.91 Å². The molecule has 7 nitrogen and oxygen atoms in total. The Morgan fingerprint density at radius 1 is 1.48 bits per heavy atom. The van der Waals surface area contributed by atoms with Crippen molar-refractivity contribution in [2.75, 3.05) is 25.0 Å². The normalized spacial score (nSPS) is 18.4. The summed E-state index contributed by atoms with van der Waals surface area (Å²) in [7, 11) is 0. The number of H-pyrrole nitrogens is 1. The predicted octanol–water partition coefficient (Wildman–Crippen LogP) is 0.707. The van der Waals surface area contributed by atoms with Crippen LogP contribution in [0.25, 0.3) is 11.4 Å². The highest BCUT2D eigenvalue weighted by atomic mass is 16.5. The first-order chi connectivity index (χ1) is 10.2. The molecule has 0 spiro atoms. The Morgan fingerprint density at radius 2 is 2.38 bits per heavy atom. The summed E-state index contributed by atoms with van der Waals surface area (Å²) >= 11 is 0. The van der Waals surface area contributed by atoms with E-state index in [1.165, 1.54) is 0 Å². The minimum absolute atomic E-state index is 0.148. The SMILES string of the molecule is Cc1nc(-c2cccc(NC(=O)C3CNCCO3)c2)n[nH]1. The molecule has 1 aromatic carbocycles. The van der Waals surface area contributed by atoms with E-state index in [0.29, 0.717) is 24.7 Å². The van der Waals surface area contributed by atoms with Crippen LogP contribution in [0.5, 0.6) is 0 Å². The van der Waals surface area contributed by atoms with Gasteiger partial charge in [-0.3, -0.25) is 9.89 Å². The number of nitrogens with one attached hydrogen (secondary N) is 3. The molecule has 1 saturated heterocycles. The summed E-state index contributed by atoms with van der Waals surface area (Å²) in [6.45, 7) is 3.71. The van der Waals surface area contributed by atoms with E-state index in [1.807, 2.05) is 31.2 Å². The van der Waals surface area contributed by atoms with Crippen LogP contribution in [-0.2, 0) is 9.53 Å². The lowest BCUT2D eigenvalue weighted by Crippen LogP contribution is -2.45.